The molecule has 1 amide bonds. The lowest BCUT2D eigenvalue weighted by Crippen LogP contribution is -2.37. The molecule has 1 aromatic heterocycles. The van der Waals surface area contributed by atoms with Crippen molar-refractivity contribution in [2.45, 2.75) is 13.0 Å². The third-order valence-electron chi connectivity index (χ3n) is 4.67. The van der Waals surface area contributed by atoms with Crippen molar-refractivity contribution in [3.63, 3.8) is 0 Å². The first-order valence-electron chi connectivity index (χ1n) is 9.13. The molecule has 0 spiro atoms. The molecule has 0 bridgehead atoms. The predicted octanol–water partition coefficient (Wildman–Crippen LogP) is 3.83. The number of hydrogen-bond donors (Lipinski definition) is 1. The monoisotopic (exact) mass is 394 g/mol. The number of aromatic nitrogens is 1. The maximum Gasteiger partial charge on any atom is 0.227 e. The van der Waals surface area contributed by atoms with Crippen molar-refractivity contribution >= 4 is 28.4 Å². The van der Waals surface area contributed by atoms with Gasteiger partial charge in [0.15, 0.2) is 0 Å². The van der Waals surface area contributed by atoms with Gasteiger partial charge in [0.1, 0.15) is 0 Å². The number of halogens is 1. The van der Waals surface area contributed by atoms with E-state index in [2.05, 4.69) is 16.0 Å². The molecule has 5 nitrogen and oxygen atoms in total. The summed E-state index contributed by atoms with van der Waals surface area (Å²) in [6, 6.07) is 15.2. The SMILES string of the molecule is CN(C)CCN(Cc1cccc(C#N)c1)C(=O)Cc1c[nH]c2cc(Cl)ccc12. The Balaban J connectivity index is 1.80. The minimum atomic E-state index is 0.0556. The fourth-order valence-electron chi connectivity index (χ4n) is 3.15. The third-order valence-corrected chi connectivity index (χ3v) is 4.91. The average Bonchev–Trinajstić information content (AvgIpc) is 3.06. The molecule has 0 aliphatic heterocycles. The van der Waals surface area contributed by atoms with Gasteiger partial charge in [-0.1, -0.05) is 29.8 Å². The van der Waals surface area contributed by atoms with Crippen LogP contribution in [-0.4, -0.2) is 47.9 Å². The second-order valence-electron chi connectivity index (χ2n) is 7.11. The Bertz CT molecular complexity index is 1020. The van der Waals surface area contributed by atoms with Crippen LogP contribution >= 0.6 is 11.6 Å². The molecule has 1 heterocycles. The largest absolute Gasteiger partial charge is 0.361 e. The Kier molecular flexibility index (Phi) is 6.35. The molecule has 0 saturated heterocycles. The molecule has 0 unspecified atom stereocenters. The van der Waals surface area contributed by atoms with Gasteiger partial charge < -0.3 is 14.8 Å². The van der Waals surface area contributed by atoms with Crippen LogP contribution < -0.4 is 0 Å². The lowest BCUT2D eigenvalue weighted by atomic mass is 10.1. The van der Waals surface area contributed by atoms with Crippen LogP contribution in [0.15, 0.2) is 48.7 Å². The molecule has 144 valence electrons. The van der Waals surface area contributed by atoms with Gasteiger partial charge in [-0.3, -0.25) is 4.79 Å². The number of carbonyl (C=O) groups is 1. The summed E-state index contributed by atoms with van der Waals surface area (Å²) in [6.07, 6.45) is 2.19. The zero-order valence-electron chi connectivity index (χ0n) is 16.1. The number of hydrogen-bond acceptors (Lipinski definition) is 3. The number of nitrogens with zero attached hydrogens (tertiary/aromatic N) is 3. The zero-order valence-corrected chi connectivity index (χ0v) is 16.8. The van der Waals surface area contributed by atoms with E-state index in [4.69, 9.17) is 16.9 Å². The first-order valence-corrected chi connectivity index (χ1v) is 9.51. The van der Waals surface area contributed by atoms with E-state index >= 15 is 0 Å². The van der Waals surface area contributed by atoms with Crippen molar-refractivity contribution in [2.24, 2.45) is 0 Å². The molecular weight excluding hydrogens is 372 g/mol. The Hall–Kier alpha value is -2.81. The summed E-state index contributed by atoms with van der Waals surface area (Å²) in [6.45, 7) is 1.88. The maximum absolute atomic E-state index is 13.1. The number of nitrogens with one attached hydrogen (secondary N) is 1. The molecule has 2 aromatic carbocycles. The number of fused-ring (bicyclic) bond motifs is 1. The van der Waals surface area contributed by atoms with Crippen LogP contribution in [-0.2, 0) is 17.8 Å². The number of carbonyl (C=O) groups excluding carboxylic acids is 1. The van der Waals surface area contributed by atoms with E-state index < -0.39 is 0 Å². The standard InChI is InChI=1S/C22H23ClN4O/c1-26(2)8-9-27(15-17-5-3-4-16(10-17)13-24)22(28)11-18-14-25-21-12-19(23)6-7-20(18)21/h3-7,10,12,14,25H,8-9,11,15H2,1-2H3. The number of aromatic amines is 1. The van der Waals surface area contributed by atoms with Crippen LogP contribution in [0.5, 0.6) is 0 Å². The summed E-state index contributed by atoms with van der Waals surface area (Å²) in [5.74, 6) is 0.0556. The van der Waals surface area contributed by atoms with E-state index in [9.17, 15) is 4.79 Å². The van der Waals surface area contributed by atoms with Gasteiger partial charge in [-0.25, -0.2) is 0 Å². The van der Waals surface area contributed by atoms with Crippen LogP contribution in [0.4, 0.5) is 0 Å². The van der Waals surface area contributed by atoms with Crippen molar-refractivity contribution in [2.75, 3.05) is 27.2 Å². The fourth-order valence-corrected chi connectivity index (χ4v) is 3.32. The number of likely N-dealkylation sites (N-methyl/N-ethyl adjacent to an activating group) is 1. The van der Waals surface area contributed by atoms with Gasteiger partial charge in [0.25, 0.3) is 0 Å². The smallest absolute Gasteiger partial charge is 0.227 e. The summed E-state index contributed by atoms with van der Waals surface area (Å²) in [4.78, 5) is 20.2. The molecule has 0 fully saturated rings. The quantitative estimate of drug-likeness (QED) is 0.662. The molecule has 6 heteroatoms. The molecule has 0 atom stereocenters. The molecule has 3 aromatic rings. The van der Waals surface area contributed by atoms with Crippen molar-refractivity contribution < 1.29 is 4.79 Å². The second kappa shape index (κ2) is 8.92. The molecule has 0 saturated carbocycles. The van der Waals surface area contributed by atoms with Crippen molar-refractivity contribution in [3.05, 3.63) is 70.4 Å². The summed E-state index contributed by atoms with van der Waals surface area (Å²) >= 11 is 6.05. The van der Waals surface area contributed by atoms with Gasteiger partial charge in [0.2, 0.25) is 5.91 Å². The van der Waals surface area contributed by atoms with Crippen molar-refractivity contribution in [3.8, 4) is 6.07 Å². The minimum absolute atomic E-state index is 0.0556. The normalized spacial score (nSPS) is 11.0. The Morgan fingerprint density at radius 3 is 2.75 bits per heavy atom. The van der Waals surface area contributed by atoms with Crippen LogP contribution in [0.25, 0.3) is 10.9 Å². The van der Waals surface area contributed by atoms with E-state index in [0.717, 1.165) is 28.6 Å². The first-order chi connectivity index (χ1) is 13.5. The third kappa shape index (κ3) is 4.92. The van der Waals surface area contributed by atoms with Crippen molar-refractivity contribution in [1.82, 2.24) is 14.8 Å². The lowest BCUT2D eigenvalue weighted by Gasteiger charge is -2.25. The van der Waals surface area contributed by atoms with E-state index in [1.807, 2.05) is 61.6 Å². The van der Waals surface area contributed by atoms with Gasteiger partial charge in [0, 0.05) is 41.8 Å². The Morgan fingerprint density at radius 1 is 1.18 bits per heavy atom. The van der Waals surface area contributed by atoms with Crippen LogP contribution in [0.2, 0.25) is 5.02 Å². The molecule has 0 radical (unpaired) electrons. The number of rotatable bonds is 7. The number of benzene rings is 2. The maximum atomic E-state index is 13.1. The van der Waals surface area contributed by atoms with E-state index in [-0.39, 0.29) is 5.91 Å². The summed E-state index contributed by atoms with van der Waals surface area (Å²) in [5.41, 5.74) is 3.44. The Morgan fingerprint density at radius 2 is 2.00 bits per heavy atom. The highest BCUT2D eigenvalue weighted by atomic mass is 35.5. The van der Waals surface area contributed by atoms with Gasteiger partial charge in [0.05, 0.1) is 18.1 Å². The number of nitriles is 1. The fraction of sp³-hybridized carbons (Fsp3) is 0.273. The number of amides is 1. The summed E-state index contributed by atoms with van der Waals surface area (Å²) in [7, 11) is 3.98. The lowest BCUT2D eigenvalue weighted by molar-refractivity contribution is -0.131. The number of H-pyrrole nitrogens is 1. The molecular formula is C22H23ClN4O. The summed E-state index contributed by atoms with van der Waals surface area (Å²) in [5, 5.41) is 10.8. The predicted molar refractivity (Wildman–Crippen MR) is 112 cm³/mol. The van der Waals surface area contributed by atoms with Crippen LogP contribution in [0, 0.1) is 11.3 Å². The van der Waals surface area contributed by atoms with Crippen molar-refractivity contribution in [1.29, 1.82) is 5.26 Å². The van der Waals surface area contributed by atoms with E-state index in [1.54, 1.807) is 6.07 Å². The van der Waals surface area contributed by atoms with Gasteiger partial charge in [-0.15, -0.1) is 0 Å². The van der Waals surface area contributed by atoms with Gasteiger partial charge in [-0.2, -0.15) is 5.26 Å². The highest BCUT2D eigenvalue weighted by molar-refractivity contribution is 6.31. The molecule has 1 N–H and O–H groups in total. The van der Waals surface area contributed by atoms with Gasteiger partial charge >= 0.3 is 0 Å². The van der Waals surface area contributed by atoms with Gasteiger partial charge in [-0.05, 0) is 49.5 Å². The Labute approximate surface area is 170 Å². The highest BCUT2D eigenvalue weighted by Gasteiger charge is 2.17. The van der Waals surface area contributed by atoms with Crippen LogP contribution in [0.3, 0.4) is 0 Å². The first kappa shape index (κ1) is 19.9. The molecule has 28 heavy (non-hydrogen) atoms. The summed E-state index contributed by atoms with van der Waals surface area (Å²) < 4.78 is 0. The second-order valence-corrected chi connectivity index (χ2v) is 7.55. The average molecular weight is 395 g/mol. The minimum Gasteiger partial charge on any atom is -0.361 e. The molecule has 3 rings (SSSR count). The highest BCUT2D eigenvalue weighted by Crippen LogP contribution is 2.23. The van der Waals surface area contributed by atoms with E-state index in [0.29, 0.717) is 30.1 Å². The topological polar surface area (TPSA) is 63.1 Å². The van der Waals surface area contributed by atoms with Crippen LogP contribution in [0.1, 0.15) is 16.7 Å². The zero-order chi connectivity index (χ0) is 20.1. The molecule has 0 aliphatic rings. The molecule has 0 aliphatic carbocycles. The van der Waals surface area contributed by atoms with E-state index in [1.165, 1.54) is 0 Å².